The Morgan fingerprint density at radius 1 is 1.31 bits per heavy atom. The highest BCUT2D eigenvalue weighted by Crippen LogP contribution is 2.25. The Morgan fingerprint density at radius 2 is 2.14 bits per heavy atom. The van der Waals surface area contributed by atoms with E-state index in [1.54, 1.807) is 33.7 Å². The average molecular weight is 413 g/mol. The number of amides is 1. The lowest BCUT2D eigenvalue weighted by atomic mass is 10.0. The summed E-state index contributed by atoms with van der Waals surface area (Å²) in [4.78, 5) is 29.8. The van der Waals surface area contributed by atoms with Gasteiger partial charge in [-0.2, -0.15) is 5.26 Å². The normalized spacial score (nSPS) is 16.7. The number of halogens is 2. The number of piperidine rings is 1. The van der Waals surface area contributed by atoms with Crippen LogP contribution < -0.4 is 5.69 Å². The Bertz CT molecular complexity index is 1170. The topological polar surface area (TPSA) is 81.9 Å². The highest BCUT2D eigenvalue weighted by molar-refractivity contribution is 6.30. The van der Waals surface area contributed by atoms with Gasteiger partial charge in [0.1, 0.15) is 5.82 Å². The first-order chi connectivity index (χ1) is 13.9. The largest absolute Gasteiger partial charge is 0.340 e. The molecule has 2 heterocycles. The maximum absolute atomic E-state index is 13.5. The zero-order valence-corrected chi connectivity index (χ0v) is 16.2. The van der Waals surface area contributed by atoms with Gasteiger partial charge in [0, 0.05) is 18.1 Å². The molecule has 1 fully saturated rings. The first-order valence-electron chi connectivity index (χ1n) is 9.31. The molecule has 1 amide bonds. The van der Waals surface area contributed by atoms with Crippen molar-refractivity contribution in [1.82, 2.24) is 14.5 Å². The van der Waals surface area contributed by atoms with Crippen LogP contribution in [0, 0.1) is 17.1 Å². The number of carbonyl (C=O) groups excluding carboxylic acids is 1. The number of imidazole rings is 1. The quantitative estimate of drug-likeness (QED) is 0.715. The number of H-pyrrole nitrogens is 1. The number of nitriles is 1. The lowest BCUT2D eigenvalue weighted by Crippen LogP contribution is -2.43. The molecule has 148 valence electrons. The van der Waals surface area contributed by atoms with Crippen LogP contribution in [-0.2, 0) is 11.2 Å². The fraction of sp³-hybridized carbons (Fsp3) is 0.286. The minimum Gasteiger partial charge on any atom is -0.340 e. The molecule has 29 heavy (non-hydrogen) atoms. The maximum atomic E-state index is 13.5. The summed E-state index contributed by atoms with van der Waals surface area (Å²) in [6.45, 7) is 0.963. The highest BCUT2D eigenvalue weighted by Gasteiger charge is 2.27. The molecule has 0 unspecified atom stereocenters. The van der Waals surface area contributed by atoms with Crippen LogP contribution in [0.25, 0.3) is 11.0 Å². The molecule has 3 aromatic rings. The van der Waals surface area contributed by atoms with Crippen molar-refractivity contribution in [2.75, 3.05) is 13.1 Å². The van der Waals surface area contributed by atoms with E-state index in [2.05, 4.69) is 11.1 Å². The zero-order valence-electron chi connectivity index (χ0n) is 15.5. The van der Waals surface area contributed by atoms with Crippen LogP contribution in [0.2, 0.25) is 5.02 Å². The van der Waals surface area contributed by atoms with Gasteiger partial charge in [-0.05, 0) is 54.8 Å². The number of rotatable bonds is 3. The molecule has 1 saturated heterocycles. The summed E-state index contributed by atoms with van der Waals surface area (Å²) in [5, 5.41) is 9.42. The lowest BCUT2D eigenvalue weighted by molar-refractivity contribution is -0.132. The smallest absolute Gasteiger partial charge is 0.326 e. The van der Waals surface area contributed by atoms with Crippen molar-refractivity contribution in [2.45, 2.75) is 25.3 Å². The predicted molar refractivity (Wildman–Crippen MR) is 107 cm³/mol. The first-order valence-corrected chi connectivity index (χ1v) is 9.69. The summed E-state index contributed by atoms with van der Waals surface area (Å²) in [7, 11) is 0. The van der Waals surface area contributed by atoms with E-state index < -0.39 is 5.82 Å². The third-order valence-corrected chi connectivity index (χ3v) is 5.46. The number of carbonyl (C=O) groups is 1. The van der Waals surface area contributed by atoms with E-state index in [4.69, 9.17) is 16.9 Å². The second-order valence-corrected chi connectivity index (χ2v) is 7.67. The van der Waals surface area contributed by atoms with Gasteiger partial charge in [0.15, 0.2) is 0 Å². The number of fused-ring (bicyclic) bond motifs is 1. The summed E-state index contributed by atoms with van der Waals surface area (Å²) in [6, 6.07) is 11.0. The Hall–Kier alpha value is -3.11. The maximum Gasteiger partial charge on any atom is 0.326 e. The van der Waals surface area contributed by atoms with Crippen LogP contribution in [-0.4, -0.2) is 33.4 Å². The molecule has 0 spiro atoms. The molecule has 1 aromatic heterocycles. The van der Waals surface area contributed by atoms with Crippen molar-refractivity contribution in [3.8, 4) is 6.07 Å². The number of aromatic nitrogens is 2. The van der Waals surface area contributed by atoms with E-state index in [0.29, 0.717) is 35.2 Å². The van der Waals surface area contributed by atoms with Crippen LogP contribution in [0.1, 0.15) is 30.0 Å². The van der Waals surface area contributed by atoms with Gasteiger partial charge in [-0.15, -0.1) is 0 Å². The number of likely N-dealkylation sites (tertiary alicyclic amines) is 1. The number of nitrogens with one attached hydrogen (secondary N) is 1. The average Bonchev–Trinajstić information content (AvgIpc) is 3.02. The molecule has 1 aliphatic rings. The van der Waals surface area contributed by atoms with Crippen LogP contribution in [0.5, 0.6) is 0 Å². The van der Waals surface area contributed by atoms with Gasteiger partial charge in [0.05, 0.1) is 35.1 Å². The molecule has 2 aromatic carbocycles. The van der Waals surface area contributed by atoms with E-state index in [1.807, 2.05) is 0 Å². The van der Waals surface area contributed by atoms with Gasteiger partial charge < -0.3 is 9.88 Å². The highest BCUT2D eigenvalue weighted by atomic mass is 35.5. The number of benzene rings is 2. The van der Waals surface area contributed by atoms with E-state index in [9.17, 15) is 14.0 Å². The van der Waals surface area contributed by atoms with Gasteiger partial charge in [-0.3, -0.25) is 9.36 Å². The minimum atomic E-state index is -0.476. The Morgan fingerprint density at radius 3 is 2.90 bits per heavy atom. The Kier molecular flexibility index (Phi) is 5.12. The molecular weight excluding hydrogens is 395 g/mol. The van der Waals surface area contributed by atoms with Crippen molar-refractivity contribution in [3.05, 3.63) is 68.8 Å². The third-order valence-electron chi connectivity index (χ3n) is 5.24. The first kappa shape index (κ1) is 19.2. The molecule has 0 aliphatic carbocycles. The van der Waals surface area contributed by atoms with Crippen LogP contribution in [0.15, 0.2) is 41.2 Å². The van der Waals surface area contributed by atoms with Gasteiger partial charge in [0.25, 0.3) is 0 Å². The monoisotopic (exact) mass is 412 g/mol. The van der Waals surface area contributed by atoms with Crippen molar-refractivity contribution in [1.29, 1.82) is 5.26 Å². The van der Waals surface area contributed by atoms with E-state index in [-0.39, 0.29) is 29.1 Å². The van der Waals surface area contributed by atoms with Crippen molar-refractivity contribution in [3.63, 3.8) is 0 Å². The zero-order chi connectivity index (χ0) is 20.5. The van der Waals surface area contributed by atoms with Gasteiger partial charge in [-0.25, -0.2) is 9.18 Å². The second-order valence-electron chi connectivity index (χ2n) is 7.23. The predicted octanol–water partition coefficient (Wildman–Crippen LogP) is 3.40. The van der Waals surface area contributed by atoms with Crippen LogP contribution >= 0.6 is 11.6 Å². The summed E-state index contributed by atoms with van der Waals surface area (Å²) in [5.74, 6) is -0.613. The SMILES string of the molecule is N#Cc1ccc2[nH]c(=O)n([C@H]3CCCN(C(=O)Cc4cc(F)cc(Cl)c4)C3)c2c1. The summed E-state index contributed by atoms with van der Waals surface area (Å²) >= 11 is 5.88. The van der Waals surface area contributed by atoms with Crippen molar-refractivity contribution < 1.29 is 9.18 Å². The molecule has 0 radical (unpaired) electrons. The van der Waals surface area contributed by atoms with Crippen molar-refractivity contribution in [2.24, 2.45) is 0 Å². The molecule has 0 bridgehead atoms. The number of nitrogens with zero attached hydrogens (tertiary/aromatic N) is 3. The second kappa shape index (κ2) is 7.72. The number of hydrogen-bond donors (Lipinski definition) is 1. The Balaban J connectivity index is 1.58. The molecule has 1 atom stereocenters. The minimum absolute atomic E-state index is 0.0472. The van der Waals surface area contributed by atoms with Gasteiger partial charge >= 0.3 is 5.69 Å². The molecular formula is C21H18ClFN4O2. The number of aromatic amines is 1. The molecule has 1 N–H and O–H groups in total. The molecule has 1 aliphatic heterocycles. The molecule has 4 rings (SSSR count). The van der Waals surface area contributed by atoms with E-state index >= 15 is 0 Å². The van der Waals surface area contributed by atoms with Crippen molar-refractivity contribution >= 4 is 28.5 Å². The Labute approximate surface area is 171 Å². The fourth-order valence-electron chi connectivity index (χ4n) is 3.94. The van der Waals surface area contributed by atoms with E-state index in [1.165, 1.54) is 12.1 Å². The van der Waals surface area contributed by atoms with E-state index in [0.717, 1.165) is 12.8 Å². The fourth-order valence-corrected chi connectivity index (χ4v) is 4.19. The van der Waals surface area contributed by atoms with Gasteiger partial charge in [0.2, 0.25) is 5.91 Å². The van der Waals surface area contributed by atoms with Crippen LogP contribution in [0.4, 0.5) is 4.39 Å². The standard InChI is InChI=1S/C21H18ClFN4O2/c22-15-6-14(7-16(23)10-15)9-20(28)26-5-1-2-17(12-26)27-19-8-13(11-24)3-4-18(19)25-21(27)29/h3-4,6-8,10,17H,1-2,5,9,12H2,(H,25,29)/t17-/m0/s1. The summed E-state index contributed by atoms with van der Waals surface area (Å²) in [6.07, 6.45) is 1.54. The lowest BCUT2D eigenvalue weighted by Gasteiger charge is -2.33. The summed E-state index contributed by atoms with van der Waals surface area (Å²) in [5.41, 5.74) is 2.05. The third kappa shape index (κ3) is 3.89. The summed E-state index contributed by atoms with van der Waals surface area (Å²) < 4.78 is 15.2. The molecule has 8 heteroatoms. The number of hydrogen-bond acceptors (Lipinski definition) is 3. The van der Waals surface area contributed by atoms with Gasteiger partial charge in [-0.1, -0.05) is 11.6 Å². The van der Waals surface area contributed by atoms with Crippen LogP contribution in [0.3, 0.4) is 0 Å². The molecule has 0 saturated carbocycles. The molecule has 6 nitrogen and oxygen atoms in total.